The van der Waals surface area contributed by atoms with E-state index in [1.807, 2.05) is 12.4 Å². The SMILES string of the molecule is CCn1ccc(CN[C@@H](C)c2ccncc2)c1. The van der Waals surface area contributed by atoms with Crippen molar-refractivity contribution in [2.75, 3.05) is 0 Å². The molecule has 0 aliphatic carbocycles. The van der Waals surface area contributed by atoms with E-state index in [2.05, 4.69) is 59.3 Å². The summed E-state index contributed by atoms with van der Waals surface area (Å²) < 4.78 is 2.19. The molecule has 0 saturated heterocycles. The monoisotopic (exact) mass is 229 g/mol. The highest BCUT2D eigenvalue weighted by Crippen LogP contribution is 2.11. The number of aryl methyl sites for hydroxylation is 1. The lowest BCUT2D eigenvalue weighted by atomic mass is 10.1. The Labute approximate surface area is 103 Å². The third kappa shape index (κ3) is 3.17. The highest BCUT2D eigenvalue weighted by Gasteiger charge is 2.04. The molecular weight excluding hydrogens is 210 g/mol. The van der Waals surface area contributed by atoms with E-state index < -0.39 is 0 Å². The number of pyridine rings is 1. The second-order valence-electron chi connectivity index (χ2n) is 4.23. The van der Waals surface area contributed by atoms with Gasteiger partial charge in [0.25, 0.3) is 0 Å². The minimum atomic E-state index is 0.350. The van der Waals surface area contributed by atoms with Crippen LogP contribution in [-0.4, -0.2) is 9.55 Å². The molecule has 17 heavy (non-hydrogen) atoms. The number of nitrogens with one attached hydrogen (secondary N) is 1. The summed E-state index contributed by atoms with van der Waals surface area (Å²) in [6, 6.07) is 6.61. The Hall–Kier alpha value is -1.61. The normalized spacial score (nSPS) is 12.6. The van der Waals surface area contributed by atoms with Gasteiger partial charge in [-0.05, 0) is 43.2 Å². The number of hydrogen-bond acceptors (Lipinski definition) is 2. The van der Waals surface area contributed by atoms with Crippen molar-refractivity contribution in [3.63, 3.8) is 0 Å². The summed E-state index contributed by atoms with van der Waals surface area (Å²) in [5.74, 6) is 0. The van der Waals surface area contributed by atoms with E-state index in [0.717, 1.165) is 13.1 Å². The van der Waals surface area contributed by atoms with Gasteiger partial charge in [-0.3, -0.25) is 4.98 Å². The minimum absolute atomic E-state index is 0.350. The highest BCUT2D eigenvalue weighted by atomic mass is 14.9. The summed E-state index contributed by atoms with van der Waals surface area (Å²) in [5.41, 5.74) is 2.60. The zero-order valence-corrected chi connectivity index (χ0v) is 10.4. The molecule has 0 saturated carbocycles. The van der Waals surface area contributed by atoms with Gasteiger partial charge in [0.1, 0.15) is 0 Å². The Morgan fingerprint density at radius 2 is 2.06 bits per heavy atom. The third-order valence-electron chi connectivity index (χ3n) is 3.00. The van der Waals surface area contributed by atoms with Gasteiger partial charge >= 0.3 is 0 Å². The number of rotatable bonds is 5. The first kappa shape index (κ1) is 11.9. The van der Waals surface area contributed by atoms with E-state index in [1.165, 1.54) is 11.1 Å². The van der Waals surface area contributed by atoms with Gasteiger partial charge in [-0.2, -0.15) is 0 Å². The molecule has 3 nitrogen and oxygen atoms in total. The highest BCUT2D eigenvalue weighted by molar-refractivity contribution is 5.15. The lowest BCUT2D eigenvalue weighted by molar-refractivity contribution is 0.573. The fourth-order valence-corrected chi connectivity index (χ4v) is 1.83. The molecular formula is C14H19N3. The van der Waals surface area contributed by atoms with Crippen molar-refractivity contribution < 1.29 is 0 Å². The Kier molecular flexibility index (Phi) is 3.94. The van der Waals surface area contributed by atoms with Crippen LogP contribution in [0.25, 0.3) is 0 Å². The van der Waals surface area contributed by atoms with Gasteiger partial charge in [-0.25, -0.2) is 0 Å². The molecule has 0 fully saturated rings. The van der Waals surface area contributed by atoms with E-state index in [9.17, 15) is 0 Å². The molecule has 1 N–H and O–H groups in total. The van der Waals surface area contributed by atoms with Gasteiger partial charge in [0, 0.05) is 43.9 Å². The summed E-state index contributed by atoms with van der Waals surface area (Å²) in [6.07, 6.45) is 7.97. The maximum absolute atomic E-state index is 4.03. The predicted molar refractivity (Wildman–Crippen MR) is 69.6 cm³/mol. The van der Waals surface area contributed by atoms with Gasteiger partial charge in [0.15, 0.2) is 0 Å². The smallest absolute Gasteiger partial charge is 0.0296 e. The number of hydrogen-bond donors (Lipinski definition) is 1. The molecule has 0 unspecified atom stereocenters. The van der Waals surface area contributed by atoms with Crippen molar-refractivity contribution in [3.8, 4) is 0 Å². The Morgan fingerprint density at radius 3 is 2.71 bits per heavy atom. The molecule has 0 radical (unpaired) electrons. The maximum Gasteiger partial charge on any atom is 0.0296 e. The average Bonchev–Trinajstić information content (AvgIpc) is 2.85. The Bertz CT molecular complexity index is 448. The van der Waals surface area contributed by atoms with Gasteiger partial charge in [-0.15, -0.1) is 0 Å². The van der Waals surface area contributed by atoms with Crippen molar-refractivity contribution in [2.24, 2.45) is 0 Å². The van der Waals surface area contributed by atoms with Crippen LogP contribution in [0.15, 0.2) is 43.0 Å². The first-order chi connectivity index (χ1) is 8.29. The minimum Gasteiger partial charge on any atom is -0.354 e. The van der Waals surface area contributed by atoms with E-state index in [4.69, 9.17) is 0 Å². The molecule has 0 spiro atoms. The zero-order chi connectivity index (χ0) is 12.1. The summed E-state index contributed by atoms with van der Waals surface area (Å²) in [4.78, 5) is 4.03. The van der Waals surface area contributed by atoms with Crippen LogP contribution in [0.1, 0.15) is 31.0 Å². The second-order valence-corrected chi connectivity index (χ2v) is 4.23. The van der Waals surface area contributed by atoms with Crippen LogP contribution < -0.4 is 5.32 Å². The number of aromatic nitrogens is 2. The molecule has 2 rings (SSSR count). The fourth-order valence-electron chi connectivity index (χ4n) is 1.83. The lowest BCUT2D eigenvalue weighted by Gasteiger charge is -2.13. The summed E-state index contributed by atoms with van der Waals surface area (Å²) in [6.45, 7) is 6.25. The Balaban J connectivity index is 1.90. The van der Waals surface area contributed by atoms with Gasteiger partial charge in [0.2, 0.25) is 0 Å². The van der Waals surface area contributed by atoms with E-state index in [0.29, 0.717) is 6.04 Å². The molecule has 0 amide bonds. The quantitative estimate of drug-likeness (QED) is 0.854. The van der Waals surface area contributed by atoms with Crippen molar-refractivity contribution >= 4 is 0 Å². The average molecular weight is 229 g/mol. The first-order valence-corrected chi connectivity index (χ1v) is 6.07. The van der Waals surface area contributed by atoms with Crippen molar-refractivity contribution in [2.45, 2.75) is 33.0 Å². The zero-order valence-electron chi connectivity index (χ0n) is 10.4. The maximum atomic E-state index is 4.03. The molecule has 90 valence electrons. The Morgan fingerprint density at radius 1 is 1.29 bits per heavy atom. The largest absolute Gasteiger partial charge is 0.354 e. The molecule has 2 aromatic heterocycles. The molecule has 1 atom stereocenters. The van der Waals surface area contributed by atoms with Crippen molar-refractivity contribution in [1.82, 2.24) is 14.9 Å². The van der Waals surface area contributed by atoms with E-state index in [-0.39, 0.29) is 0 Å². The van der Waals surface area contributed by atoms with E-state index >= 15 is 0 Å². The van der Waals surface area contributed by atoms with Gasteiger partial charge < -0.3 is 9.88 Å². The summed E-state index contributed by atoms with van der Waals surface area (Å²) in [5, 5.41) is 3.51. The topological polar surface area (TPSA) is 29.9 Å². The summed E-state index contributed by atoms with van der Waals surface area (Å²) in [7, 11) is 0. The lowest BCUT2D eigenvalue weighted by Crippen LogP contribution is -2.17. The van der Waals surface area contributed by atoms with E-state index in [1.54, 1.807) is 0 Å². The van der Waals surface area contributed by atoms with Crippen LogP contribution in [-0.2, 0) is 13.1 Å². The van der Waals surface area contributed by atoms with Crippen LogP contribution >= 0.6 is 0 Å². The number of nitrogens with zero attached hydrogens (tertiary/aromatic N) is 2. The van der Waals surface area contributed by atoms with Crippen LogP contribution in [0.5, 0.6) is 0 Å². The third-order valence-corrected chi connectivity index (χ3v) is 3.00. The fraction of sp³-hybridized carbons (Fsp3) is 0.357. The molecule has 0 bridgehead atoms. The second kappa shape index (κ2) is 5.64. The van der Waals surface area contributed by atoms with Gasteiger partial charge in [-0.1, -0.05) is 0 Å². The molecule has 0 aliphatic heterocycles. The standard InChI is InChI=1S/C14H19N3/c1-3-17-9-6-13(11-17)10-16-12(2)14-4-7-15-8-5-14/h4-9,11-12,16H,3,10H2,1-2H3/t12-/m0/s1. The molecule has 2 heterocycles. The van der Waals surface area contributed by atoms with Crippen LogP contribution in [0.3, 0.4) is 0 Å². The van der Waals surface area contributed by atoms with Crippen LogP contribution in [0.4, 0.5) is 0 Å². The molecule has 2 aromatic rings. The first-order valence-electron chi connectivity index (χ1n) is 6.07. The van der Waals surface area contributed by atoms with Crippen LogP contribution in [0.2, 0.25) is 0 Å². The molecule has 0 aliphatic rings. The summed E-state index contributed by atoms with van der Waals surface area (Å²) >= 11 is 0. The van der Waals surface area contributed by atoms with Crippen molar-refractivity contribution in [3.05, 3.63) is 54.1 Å². The van der Waals surface area contributed by atoms with Crippen molar-refractivity contribution in [1.29, 1.82) is 0 Å². The predicted octanol–water partition coefficient (Wildman–Crippen LogP) is 2.75. The molecule has 3 heteroatoms. The van der Waals surface area contributed by atoms with Crippen LogP contribution in [0, 0.1) is 0 Å². The molecule has 0 aromatic carbocycles. The van der Waals surface area contributed by atoms with Gasteiger partial charge in [0.05, 0.1) is 0 Å².